The lowest BCUT2D eigenvalue weighted by atomic mass is 10.1. The highest BCUT2D eigenvalue weighted by molar-refractivity contribution is 8.14. The maximum Gasteiger partial charge on any atom is 0.139 e. The Labute approximate surface area is 65.1 Å². The quantitative estimate of drug-likeness (QED) is 0.605. The molecule has 3 heteroatoms. The molecule has 0 saturated heterocycles. The molecule has 0 aromatic carbocycles. The van der Waals surface area contributed by atoms with E-state index in [-0.39, 0.29) is 11.7 Å². The summed E-state index contributed by atoms with van der Waals surface area (Å²) in [6, 6.07) is 0. The van der Waals surface area contributed by atoms with Crippen LogP contribution in [0, 0.1) is 5.92 Å². The average molecular weight is 157 g/mol. The van der Waals surface area contributed by atoms with Crippen molar-refractivity contribution in [1.29, 1.82) is 0 Å². The van der Waals surface area contributed by atoms with E-state index in [0.29, 0.717) is 0 Å². The molecule has 10 heavy (non-hydrogen) atoms. The second-order valence-electron chi connectivity index (χ2n) is 2.40. The van der Waals surface area contributed by atoms with Gasteiger partial charge in [0.1, 0.15) is 5.78 Å². The molecular weight excluding hydrogens is 146 g/mol. The van der Waals surface area contributed by atoms with Crippen LogP contribution in [0.4, 0.5) is 0 Å². The molecule has 2 nitrogen and oxygen atoms in total. The standard InChI is InChI=1S/C7H11NOS/c1-5(6(2)9)7-8-3-4-10-7/h5H,3-4H2,1-2H3. The van der Waals surface area contributed by atoms with Gasteiger partial charge in [-0.1, -0.05) is 0 Å². The first-order valence-electron chi connectivity index (χ1n) is 3.39. The van der Waals surface area contributed by atoms with E-state index in [1.54, 1.807) is 18.7 Å². The van der Waals surface area contributed by atoms with Gasteiger partial charge in [0.25, 0.3) is 0 Å². The fourth-order valence-electron chi connectivity index (χ4n) is 0.788. The second-order valence-corrected chi connectivity index (χ2v) is 3.52. The Kier molecular flexibility index (Phi) is 2.49. The monoisotopic (exact) mass is 157 g/mol. The molecule has 0 aromatic heterocycles. The molecule has 0 N–H and O–H groups in total. The van der Waals surface area contributed by atoms with Crippen LogP contribution in [0.15, 0.2) is 4.99 Å². The van der Waals surface area contributed by atoms with Crippen molar-refractivity contribution >= 4 is 22.6 Å². The van der Waals surface area contributed by atoms with E-state index in [4.69, 9.17) is 0 Å². The van der Waals surface area contributed by atoms with E-state index in [1.165, 1.54) is 0 Å². The fraction of sp³-hybridized carbons (Fsp3) is 0.714. The van der Waals surface area contributed by atoms with Crippen LogP contribution in [0.2, 0.25) is 0 Å². The van der Waals surface area contributed by atoms with Crippen LogP contribution >= 0.6 is 11.8 Å². The lowest BCUT2D eigenvalue weighted by Crippen LogP contribution is -2.13. The minimum Gasteiger partial charge on any atom is -0.299 e. The van der Waals surface area contributed by atoms with Gasteiger partial charge < -0.3 is 0 Å². The van der Waals surface area contributed by atoms with Crippen LogP contribution in [-0.2, 0) is 4.79 Å². The van der Waals surface area contributed by atoms with Gasteiger partial charge in [-0.05, 0) is 13.8 Å². The number of nitrogens with zero attached hydrogens (tertiary/aromatic N) is 1. The van der Waals surface area contributed by atoms with Gasteiger partial charge in [0.2, 0.25) is 0 Å². The summed E-state index contributed by atoms with van der Waals surface area (Å²) in [7, 11) is 0. The summed E-state index contributed by atoms with van der Waals surface area (Å²) in [4.78, 5) is 15.1. The normalized spacial score (nSPS) is 20.4. The largest absolute Gasteiger partial charge is 0.299 e. The van der Waals surface area contributed by atoms with Crippen molar-refractivity contribution < 1.29 is 4.79 Å². The number of ketones is 1. The number of carbonyl (C=O) groups is 1. The van der Waals surface area contributed by atoms with Crippen LogP contribution in [0.1, 0.15) is 13.8 Å². The molecule has 56 valence electrons. The highest BCUT2D eigenvalue weighted by Gasteiger charge is 2.18. The molecule has 1 unspecified atom stereocenters. The van der Waals surface area contributed by atoms with Gasteiger partial charge in [-0.15, -0.1) is 11.8 Å². The Morgan fingerprint density at radius 3 is 2.90 bits per heavy atom. The lowest BCUT2D eigenvalue weighted by Gasteiger charge is -2.04. The topological polar surface area (TPSA) is 29.4 Å². The molecule has 0 amide bonds. The first-order chi connectivity index (χ1) is 4.72. The molecule has 0 saturated carbocycles. The Morgan fingerprint density at radius 2 is 2.50 bits per heavy atom. The summed E-state index contributed by atoms with van der Waals surface area (Å²) in [6.45, 7) is 4.42. The number of hydrogen-bond acceptors (Lipinski definition) is 3. The summed E-state index contributed by atoms with van der Waals surface area (Å²) in [6.07, 6.45) is 0. The summed E-state index contributed by atoms with van der Waals surface area (Å²) in [5, 5.41) is 1.02. The molecule has 0 radical (unpaired) electrons. The van der Waals surface area contributed by atoms with E-state index < -0.39 is 0 Å². The smallest absolute Gasteiger partial charge is 0.139 e. The molecule has 1 atom stereocenters. The van der Waals surface area contributed by atoms with Crippen molar-refractivity contribution in [2.75, 3.05) is 12.3 Å². The predicted molar refractivity (Wildman–Crippen MR) is 44.6 cm³/mol. The average Bonchev–Trinajstić information content (AvgIpc) is 2.36. The minimum absolute atomic E-state index is 0.0347. The Balaban J connectivity index is 2.55. The molecule has 1 heterocycles. The van der Waals surface area contributed by atoms with Gasteiger partial charge in [-0.2, -0.15) is 0 Å². The zero-order chi connectivity index (χ0) is 7.56. The van der Waals surface area contributed by atoms with Gasteiger partial charge in [0, 0.05) is 12.3 Å². The Morgan fingerprint density at radius 1 is 1.80 bits per heavy atom. The zero-order valence-corrected chi connectivity index (χ0v) is 7.07. The van der Waals surface area contributed by atoms with Crippen LogP contribution in [-0.4, -0.2) is 23.1 Å². The molecule has 1 aliphatic heterocycles. The van der Waals surface area contributed by atoms with Gasteiger partial charge in [-0.25, -0.2) is 0 Å². The highest BCUT2D eigenvalue weighted by atomic mass is 32.2. The highest BCUT2D eigenvalue weighted by Crippen LogP contribution is 2.18. The number of aliphatic imine (C=N–C) groups is 1. The van der Waals surface area contributed by atoms with E-state index in [2.05, 4.69) is 4.99 Å². The van der Waals surface area contributed by atoms with E-state index in [0.717, 1.165) is 17.3 Å². The molecule has 0 bridgehead atoms. The van der Waals surface area contributed by atoms with Crippen LogP contribution < -0.4 is 0 Å². The van der Waals surface area contributed by atoms with Crippen molar-refractivity contribution in [3.8, 4) is 0 Å². The minimum atomic E-state index is 0.0347. The number of thioether (sulfide) groups is 1. The lowest BCUT2D eigenvalue weighted by molar-refractivity contribution is -0.118. The fourth-order valence-corrected chi connectivity index (χ4v) is 1.78. The SMILES string of the molecule is CC(=O)C(C)C1=NCCS1. The summed E-state index contributed by atoms with van der Waals surface area (Å²) < 4.78 is 0. The van der Waals surface area contributed by atoms with E-state index >= 15 is 0 Å². The van der Waals surface area contributed by atoms with Crippen LogP contribution in [0.5, 0.6) is 0 Å². The molecule has 0 fully saturated rings. The number of Topliss-reactive ketones (excluding diaryl/α,β-unsaturated/α-hetero) is 1. The molecular formula is C7H11NOS. The van der Waals surface area contributed by atoms with Crippen molar-refractivity contribution in [2.45, 2.75) is 13.8 Å². The predicted octanol–water partition coefficient (Wildman–Crippen LogP) is 1.36. The third-order valence-corrected chi connectivity index (χ3v) is 2.75. The van der Waals surface area contributed by atoms with Crippen LogP contribution in [0.25, 0.3) is 0 Å². The van der Waals surface area contributed by atoms with Gasteiger partial charge in [0.15, 0.2) is 0 Å². The zero-order valence-electron chi connectivity index (χ0n) is 6.26. The van der Waals surface area contributed by atoms with Gasteiger partial charge in [0.05, 0.1) is 11.0 Å². The summed E-state index contributed by atoms with van der Waals surface area (Å²) in [5.74, 6) is 1.30. The number of carbonyl (C=O) groups excluding carboxylic acids is 1. The van der Waals surface area contributed by atoms with Crippen molar-refractivity contribution in [1.82, 2.24) is 0 Å². The number of hydrogen-bond donors (Lipinski definition) is 0. The molecule has 1 aliphatic rings. The van der Waals surface area contributed by atoms with Crippen molar-refractivity contribution in [3.05, 3.63) is 0 Å². The summed E-state index contributed by atoms with van der Waals surface area (Å²) >= 11 is 1.71. The molecule has 0 spiro atoms. The first-order valence-corrected chi connectivity index (χ1v) is 4.38. The molecule has 0 aromatic rings. The Hall–Kier alpha value is -0.310. The maximum atomic E-state index is 10.8. The molecule has 1 rings (SSSR count). The second kappa shape index (κ2) is 3.19. The van der Waals surface area contributed by atoms with Crippen molar-refractivity contribution in [2.24, 2.45) is 10.9 Å². The maximum absolute atomic E-state index is 10.8. The number of rotatable bonds is 2. The van der Waals surface area contributed by atoms with E-state index in [9.17, 15) is 4.79 Å². The third kappa shape index (κ3) is 1.59. The van der Waals surface area contributed by atoms with Gasteiger partial charge in [-0.3, -0.25) is 9.79 Å². The summed E-state index contributed by atoms with van der Waals surface area (Å²) in [5.41, 5.74) is 0. The Bertz CT molecular complexity index is 176. The third-order valence-electron chi connectivity index (χ3n) is 1.59. The first kappa shape index (κ1) is 7.79. The van der Waals surface area contributed by atoms with Crippen molar-refractivity contribution in [3.63, 3.8) is 0 Å². The van der Waals surface area contributed by atoms with Crippen LogP contribution in [0.3, 0.4) is 0 Å². The van der Waals surface area contributed by atoms with Gasteiger partial charge >= 0.3 is 0 Å². The molecule has 0 aliphatic carbocycles. The van der Waals surface area contributed by atoms with E-state index in [1.807, 2.05) is 6.92 Å².